The first kappa shape index (κ1) is 18.6. The van der Waals surface area contributed by atoms with Gasteiger partial charge in [-0.3, -0.25) is 0 Å². The number of ether oxygens (including phenoxy) is 2. The molecule has 4 rings (SSSR count). The van der Waals surface area contributed by atoms with Gasteiger partial charge in [0.05, 0.1) is 37.1 Å². The maximum atomic E-state index is 5.74. The summed E-state index contributed by atoms with van der Waals surface area (Å²) in [6.45, 7) is 9.19. The van der Waals surface area contributed by atoms with E-state index in [1.807, 2.05) is 0 Å². The van der Waals surface area contributed by atoms with Gasteiger partial charge in [-0.05, 0) is 44.7 Å². The quantitative estimate of drug-likeness (QED) is 0.893. The molecule has 2 aromatic rings. The van der Waals surface area contributed by atoms with Crippen molar-refractivity contribution in [2.45, 2.75) is 45.3 Å². The molecule has 1 aromatic carbocycles. The molecule has 0 bridgehead atoms. The summed E-state index contributed by atoms with van der Waals surface area (Å²) in [6.07, 6.45) is 3.61. The second kappa shape index (κ2) is 8.50. The molecule has 2 atom stereocenters. The molecule has 146 valence electrons. The number of anilines is 1. The zero-order valence-corrected chi connectivity index (χ0v) is 16.4. The lowest BCUT2D eigenvalue weighted by Crippen LogP contribution is -2.41. The van der Waals surface area contributed by atoms with Crippen molar-refractivity contribution in [3.05, 3.63) is 29.5 Å². The average Bonchev–Trinajstić information content (AvgIpc) is 2.92. The molecule has 2 aliphatic rings. The Labute approximate surface area is 161 Å². The van der Waals surface area contributed by atoms with Gasteiger partial charge in [0.2, 0.25) is 5.95 Å². The zero-order chi connectivity index (χ0) is 18.6. The van der Waals surface area contributed by atoms with E-state index in [0.717, 1.165) is 61.6 Å². The lowest BCUT2D eigenvalue weighted by atomic mass is 10.1. The molecule has 3 heterocycles. The molecule has 2 fully saturated rings. The van der Waals surface area contributed by atoms with E-state index in [9.17, 15) is 0 Å². The molecule has 2 saturated heterocycles. The standard InChI is InChI=1S/C21H30N4O2/c1-15-5-6-19-16(2)23-21(24-20(19)12-15)25-8-3-4-17(7-9-25)22-13-18-14-26-10-11-27-18/h5-6,12,17-18,22H,3-4,7-11,13-14H2,1-2H3. The van der Waals surface area contributed by atoms with Crippen LogP contribution in [0.1, 0.15) is 30.5 Å². The number of rotatable bonds is 4. The monoisotopic (exact) mass is 370 g/mol. The number of hydrogen-bond donors (Lipinski definition) is 1. The topological polar surface area (TPSA) is 59.5 Å². The predicted molar refractivity (Wildman–Crippen MR) is 107 cm³/mol. The summed E-state index contributed by atoms with van der Waals surface area (Å²) >= 11 is 0. The Morgan fingerprint density at radius 3 is 2.93 bits per heavy atom. The van der Waals surface area contributed by atoms with Crippen molar-refractivity contribution in [2.24, 2.45) is 0 Å². The largest absolute Gasteiger partial charge is 0.376 e. The van der Waals surface area contributed by atoms with Gasteiger partial charge < -0.3 is 19.7 Å². The summed E-state index contributed by atoms with van der Waals surface area (Å²) < 4.78 is 11.2. The Bertz CT molecular complexity index is 776. The van der Waals surface area contributed by atoms with Crippen molar-refractivity contribution in [1.29, 1.82) is 0 Å². The first-order valence-electron chi connectivity index (χ1n) is 10.1. The van der Waals surface area contributed by atoms with E-state index in [4.69, 9.17) is 19.4 Å². The van der Waals surface area contributed by atoms with E-state index < -0.39 is 0 Å². The highest BCUT2D eigenvalue weighted by atomic mass is 16.6. The summed E-state index contributed by atoms with van der Waals surface area (Å²) in [5.74, 6) is 0.871. The smallest absolute Gasteiger partial charge is 0.226 e. The molecular formula is C21H30N4O2. The fraction of sp³-hybridized carbons (Fsp3) is 0.619. The van der Waals surface area contributed by atoms with Gasteiger partial charge in [0.15, 0.2) is 0 Å². The van der Waals surface area contributed by atoms with Gasteiger partial charge in [-0.1, -0.05) is 12.1 Å². The highest BCUT2D eigenvalue weighted by Gasteiger charge is 2.21. The number of aryl methyl sites for hydroxylation is 2. The Morgan fingerprint density at radius 1 is 1.15 bits per heavy atom. The normalized spacial score (nSPS) is 24.1. The summed E-state index contributed by atoms with van der Waals surface area (Å²) in [5.41, 5.74) is 3.34. The van der Waals surface area contributed by atoms with Crippen LogP contribution in [0.25, 0.3) is 10.9 Å². The number of benzene rings is 1. The Kier molecular flexibility index (Phi) is 5.86. The van der Waals surface area contributed by atoms with Gasteiger partial charge in [-0.25, -0.2) is 9.97 Å². The predicted octanol–water partition coefficient (Wildman–Crippen LogP) is 2.61. The Balaban J connectivity index is 1.39. The highest BCUT2D eigenvalue weighted by Crippen LogP contribution is 2.22. The van der Waals surface area contributed by atoms with Gasteiger partial charge in [0.1, 0.15) is 0 Å². The summed E-state index contributed by atoms with van der Waals surface area (Å²) in [7, 11) is 0. The Hall–Kier alpha value is -1.76. The van der Waals surface area contributed by atoms with Crippen LogP contribution in [0.3, 0.4) is 0 Å². The first-order valence-corrected chi connectivity index (χ1v) is 10.1. The second-order valence-electron chi connectivity index (χ2n) is 7.72. The molecule has 0 spiro atoms. The van der Waals surface area contributed by atoms with Crippen LogP contribution >= 0.6 is 0 Å². The SMILES string of the molecule is Cc1ccc2c(C)nc(N3CCCC(NCC4COCCO4)CC3)nc2c1. The van der Waals surface area contributed by atoms with Crippen molar-refractivity contribution in [1.82, 2.24) is 15.3 Å². The molecule has 2 unspecified atom stereocenters. The van der Waals surface area contributed by atoms with Gasteiger partial charge in [0, 0.05) is 31.1 Å². The molecule has 0 aliphatic carbocycles. The van der Waals surface area contributed by atoms with Gasteiger partial charge >= 0.3 is 0 Å². The van der Waals surface area contributed by atoms with E-state index in [0.29, 0.717) is 19.3 Å². The van der Waals surface area contributed by atoms with E-state index in [1.165, 1.54) is 12.0 Å². The summed E-state index contributed by atoms with van der Waals surface area (Å²) in [5, 5.41) is 4.83. The third kappa shape index (κ3) is 4.57. The van der Waals surface area contributed by atoms with Gasteiger partial charge in [-0.15, -0.1) is 0 Å². The average molecular weight is 370 g/mol. The number of nitrogens with zero attached hydrogens (tertiary/aromatic N) is 3. The molecule has 1 N–H and O–H groups in total. The third-order valence-electron chi connectivity index (χ3n) is 5.56. The molecule has 1 aromatic heterocycles. The molecule has 0 saturated carbocycles. The molecule has 6 heteroatoms. The minimum absolute atomic E-state index is 0.188. The minimum atomic E-state index is 0.188. The second-order valence-corrected chi connectivity index (χ2v) is 7.72. The fourth-order valence-corrected chi connectivity index (χ4v) is 3.98. The number of hydrogen-bond acceptors (Lipinski definition) is 6. The van der Waals surface area contributed by atoms with Crippen LogP contribution in [0.5, 0.6) is 0 Å². The van der Waals surface area contributed by atoms with Crippen molar-refractivity contribution >= 4 is 16.9 Å². The third-order valence-corrected chi connectivity index (χ3v) is 5.56. The number of aromatic nitrogens is 2. The maximum absolute atomic E-state index is 5.74. The van der Waals surface area contributed by atoms with E-state index in [2.05, 4.69) is 42.3 Å². The lowest BCUT2D eigenvalue weighted by Gasteiger charge is -2.26. The number of nitrogens with one attached hydrogen (secondary N) is 1. The van der Waals surface area contributed by atoms with Crippen LogP contribution in [0.15, 0.2) is 18.2 Å². The van der Waals surface area contributed by atoms with E-state index in [1.54, 1.807) is 0 Å². The van der Waals surface area contributed by atoms with E-state index >= 15 is 0 Å². The summed E-state index contributed by atoms with van der Waals surface area (Å²) in [6, 6.07) is 6.93. The molecule has 2 aliphatic heterocycles. The lowest BCUT2D eigenvalue weighted by molar-refractivity contribution is -0.0871. The molecular weight excluding hydrogens is 340 g/mol. The van der Waals surface area contributed by atoms with Gasteiger partial charge in [-0.2, -0.15) is 0 Å². The zero-order valence-electron chi connectivity index (χ0n) is 16.4. The fourth-order valence-electron chi connectivity index (χ4n) is 3.98. The summed E-state index contributed by atoms with van der Waals surface area (Å²) in [4.78, 5) is 12.0. The Morgan fingerprint density at radius 2 is 2.07 bits per heavy atom. The highest BCUT2D eigenvalue weighted by molar-refractivity contribution is 5.82. The van der Waals surface area contributed by atoms with Crippen molar-refractivity contribution in [3.63, 3.8) is 0 Å². The van der Waals surface area contributed by atoms with Crippen LogP contribution in [-0.4, -0.2) is 61.6 Å². The maximum Gasteiger partial charge on any atom is 0.226 e. The minimum Gasteiger partial charge on any atom is -0.376 e. The van der Waals surface area contributed by atoms with Crippen LogP contribution in [0.2, 0.25) is 0 Å². The van der Waals surface area contributed by atoms with E-state index in [-0.39, 0.29) is 6.10 Å². The van der Waals surface area contributed by atoms with Crippen molar-refractivity contribution in [3.8, 4) is 0 Å². The number of fused-ring (bicyclic) bond motifs is 1. The van der Waals surface area contributed by atoms with Crippen LogP contribution in [-0.2, 0) is 9.47 Å². The molecule has 0 amide bonds. The van der Waals surface area contributed by atoms with Crippen LogP contribution < -0.4 is 10.2 Å². The first-order chi connectivity index (χ1) is 13.2. The van der Waals surface area contributed by atoms with Crippen molar-refractivity contribution < 1.29 is 9.47 Å². The van der Waals surface area contributed by atoms with Crippen molar-refractivity contribution in [2.75, 3.05) is 44.4 Å². The van der Waals surface area contributed by atoms with Crippen LogP contribution in [0.4, 0.5) is 5.95 Å². The van der Waals surface area contributed by atoms with Gasteiger partial charge in [0.25, 0.3) is 0 Å². The molecule has 27 heavy (non-hydrogen) atoms. The molecule has 6 nitrogen and oxygen atoms in total. The van der Waals surface area contributed by atoms with Crippen LogP contribution in [0, 0.1) is 13.8 Å². The molecule has 0 radical (unpaired) electrons.